The van der Waals surface area contributed by atoms with Crippen molar-refractivity contribution in [1.82, 2.24) is 5.10 Å². The summed E-state index contributed by atoms with van der Waals surface area (Å²) in [7, 11) is 0. The van der Waals surface area contributed by atoms with Crippen LogP contribution in [-0.2, 0) is 0 Å². The summed E-state index contributed by atoms with van der Waals surface area (Å²) in [6.07, 6.45) is 0. The van der Waals surface area contributed by atoms with Crippen molar-refractivity contribution in [3.63, 3.8) is 0 Å². The van der Waals surface area contributed by atoms with Gasteiger partial charge >= 0.3 is 5.95 Å². The number of fused-ring (bicyclic) bond motifs is 1. The number of anilines is 1. The molecule has 0 bridgehead atoms. The van der Waals surface area contributed by atoms with Gasteiger partial charge in [-0.1, -0.05) is 0 Å². The minimum atomic E-state index is -0.538. The van der Waals surface area contributed by atoms with Gasteiger partial charge in [-0.05, 0) is 31.0 Å². The topological polar surface area (TPSA) is 92.8 Å². The lowest BCUT2D eigenvalue weighted by atomic mass is 10.1. The first-order chi connectivity index (χ1) is 7.86. The van der Waals surface area contributed by atoms with Crippen molar-refractivity contribution in [3.05, 3.63) is 33.6 Å². The fraction of sp³-hybridized carbons (Fsp3) is 0.222. The minimum absolute atomic E-state index is 0.109. The van der Waals surface area contributed by atoms with Crippen LogP contribution in [0.2, 0.25) is 0 Å². The van der Waals surface area contributed by atoms with E-state index in [0.29, 0.717) is 11.1 Å². The zero-order valence-electron chi connectivity index (χ0n) is 10.2. The molecule has 2 rings (SSSR count). The van der Waals surface area contributed by atoms with Crippen molar-refractivity contribution in [1.29, 1.82) is 0 Å². The molecule has 1 heterocycles. The van der Waals surface area contributed by atoms with Crippen LogP contribution in [0.5, 0.6) is 0 Å². The van der Waals surface area contributed by atoms with Crippen LogP contribution in [0.25, 0.3) is 11.0 Å². The maximum absolute atomic E-state index is 11.7. The summed E-state index contributed by atoms with van der Waals surface area (Å²) >= 11 is 0. The van der Waals surface area contributed by atoms with E-state index in [1.54, 1.807) is 13.8 Å². The van der Waals surface area contributed by atoms with Crippen LogP contribution >= 0.6 is 0 Å². The minimum Gasteiger partial charge on any atom is -0.739 e. The highest BCUT2D eigenvalue weighted by molar-refractivity contribution is 5.70. The monoisotopic (exact) mass is 208 g/mol. The highest BCUT2D eigenvalue weighted by Gasteiger charge is 2.17. The summed E-state index contributed by atoms with van der Waals surface area (Å²) in [5, 5.41) is 26.5. The molecule has 0 aliphatic carbocycles. The molecule has 0 unspecified atom stereocenters. The first-order valence-corrected chi connectivity index (χ1v) is 4.25. The molecule has 2 aromatic rings. The van der Waals surface area contributed by atoms with E-state index < -0.39 is 5.95 Å². The fourth-order valence-corrected chi connectivity index (χ4v) is 1.24. The first-order valence-electron chi connectivity index (χ1n) is 5.25. The number of nitrogens with zero attached hydrogens (tertiary/aromatic N) is 3. The van der Waals surface area contributed by atoms with Crippen LogP contribution in [0.15, 0.2) is 12.1 Å². The van der Waals surface area contributed by atoms with Crippen molar-refractivity contribution < 1.29 is 12.3 Å². The Kier molecular flexibility index (Phi) is 1.42. The summed E-state index contributed by atoms with van der Waals surface area (Å²) in [5.41, 5.74) is 5.75. The smallest absolute Gasteiger partial charge is 0.458 e. The molecule has 0 radical (unpaired) electrons. The van der Waals surface area contributed by atoms with E-state index in [1.165, 1.54) is 0 Å². The Bertz CT molecular complexity index is 645. The third-order valence-corrected chi connectivity index (χ3v) is 2.19. The summed E-state index contributed by atoms with van der Waals surface area (Å²) in [6, 6.07) is -0.220. The number of benzene rings is 1. The van der Waals surface area contributed by atoms with Gasteiger partial charge in [-0.25, -0.2) is 4.73 Å². The predicted molar refractivity (Wildman–Crippen MR) is 53.5 cm³/mol. The molecule has 0 atom stereocenters. The van der Waals surface area contributed by atoms with E-state index >= 15 is 0 Å². The second-order valence-electron chi connectivity index (χ2n) is 3.22. The zero-order chi connectivity index (χ0) is 12.9. The Morgan fingerprint density at radius 2 is 1.80 bits per heavy atom. The van der Waals surface area contributed by atoms with Gasteiger partial charge in [-0.15, -0.1) is 0 Å². The van der Waals surface area contributed by atoms with Gasteiger partial charge in [0, 0.05) is 10.9 Å². The van der Waals surface area contributed by atoms with E-state index in [4.69, 9.17) is 8.48 Å². The summed E-state index contributed by atoms with van der Waals surface area (Å²) < 4.78 is 15.8. The Hall–Kier alpha value is -2.11. The third kappa shape index (κ3) is 1.30. The van der Waals surface area contributed by atoms with Crippen LogP contribution in [0.1, 0.15) is 13.9 Å². The molecule has 6 heteroatoms. The largest absolute Gasteiger partial charge is 0.739 e. The fourth-order valence-electron chi connectivity index (χ4n) is 1.24. The molecular formula is C9H10N4O2. The van der Waals surface area contributed by atoms with Crippen LogP contribution < -0.4 is 15.3 Å². The molecule has 0 fully saturated rings. The van der Waals surface area contributed by atoms with E-state index in [9.17, 15) is 10.4 Å². The standard InChI is InChI=1S/C9H10N4O2/c1-5-3-7-8(4-6(5)2)13(15)11-9(10)12(7)14/h3-4H,1-2H3,(H2,10,11)/i3D,4D. The maximum atomic E-state index is 11.7. The quantitative estimate of drug-likeness (QED) is 0.475. The number of nitrogen functional groups attached to an aromatic ring is 1. The number of aromatic nitrogens is 3. The lowest BCUT2D eigenvalue weighted by Gasteiger charge is -2.08. The molecule has 78 valence electrons. The van der Waals surface area contributed by atoms with E-state index in [0.717, 1.165) is 0 Å². The van der Waals surface area contributed by atoms with Gasteiger partial charge in [0.2, 0.25) is 5.10 Å². The molecular weight excluding hydrogens is 196 g/mol. The molecule has 6 nitrogen and oxygen atoms in total. The first kappa shape index (κ1) is 7.22. The molecule has 0 spiro atoms. The van der Waals surface area contributed by atoms with Gasteiger partial charge in [-0.2, -0.15) is 0 Å². The van der Waals surface area contributed by atoms with Crippen molar-refractivity contribution in [2.75, 3.05) is 5.73 Å². The lowest BCUT2D eigenvalue weighted by Crippen LogP contribution is -2.44. The maximum Gasteiger partial charge on any atom is 0.458 e. The Balaban J connectivity index is 3.17. The summed E-state index contributed by atoms with van der Waals surface area (Å²) in [5.74, 6) is -0.538. The number of rotatable bonds is 0. The summed E-state index contributed by atoms with van der Waals surface area (Å²) in [6.45, 7) is 3.22. The van der Waals surface area contributed by atoms with Gasteiger partial charge in [0.15, 0.2) is 5.52 Å². The zero-order valence-corrected chi connectivity index (χ0v) is 8.24. The van der Waals surface area contributed by atoms with E-state index in [2.05, 4.69) is 5.10 Å². The SMILES string of the molecule is [2H]c1c(C)c(C)c([2H])c2c1[n+]([O-])nc(N)[n+]2[O-]. The highest BCUT2D eigenvalue weighted by atomic mass is 16.5. The Morgan fingerprint density at radius 1 is 1.27 bits per heavy atom. The van der Waals surface area contributed by atoms with E-state index in [-0.39, 0.29) is 32.7 Å². The van der Waals surface area contributed by atoms with Crippen molar-refractivity contribution in [3.8, 4) is 0 Å². The Labute approximate surface area is 88.5 Å². The van der Waals surface area contributed by atoms with Crippen LogP contribution in [0, 0.1) is 24.3 Å². The van der Waals surface area contributed by atoms with Gasteiger partial charge in [0.25, 0.3) is 5.52 Å². The molecule has 15 heavy (non-hydrogen) atoms. The molecule has 0 saturated carbocycles. The van der Waals surface area contributed by atoms with Crippen molar-refractivity contribution in [2.24, 2.45) is 0 Å². The van der Waals surface area contributed by atoms with Gasteiger partial charge in [0.1, 0.15) is 0 Å². The Morgan fingerprint density at radius 3 is 2.40 bits per heavy atom. The highest BCUT2D eigenvalue weighted by Crippen LogP contribution is 2.13. The average molecular weight is 208 g/mol. The molecule has 2 N–H and O–H groups in total. The molecule has 1 aromatic heterocycles. The molecule has 0 amide bonds. The number of nitrogens with two attached hydrogens (primary N) is 1. The number of hydrogen-bond acceptors (Lipinski definition) is 4. The molecule has 0 saturated heterocycles. The molecule has 0 aliphatic heterocycles. The van der Waals surface area contributed by atoms with Gasteiger partial charge in [0.05, 0.1) is 2.74 Å². The number of hydrogen-bond donors (Lipinski definition) is 1. The second-order valence-corrected chi connectivity index (χ2v) is 3.22. The van der Waals surface area contributed by atoms with Gasteiger partial charge < -0.3 is 10.4 Å². The predicted octanol–water partition coefficient (Wildman–Crippen LogP) is -0.299. The second kappa shape index (κ2) is 2.94. The third-order valence-electron chi connectivity index (χ3n) is 2.19. The van der Waals surface area contributed by atoms with Crippen molar-refractivity contribution >= 4 is 17.0 Å². The van der Waals surface area contributed by atoms with Crippen LogP contribution in [-0.4, -0.2) is 5.10 Å². The normalized spacial score (nSPS) is 12.7. The molecule has 0 aliphatic rings. The lowest BCUT2D eigenvalue weighted by molar-refractivity contribution is -0.672. The van der Waals surface area contributed by atoms with Crippen molar-refractivity contribution in [2.45, 2.75) is 13.8 Å². The van der Waals surface area contributed by atoms with Gasteiger partial charge in [-0.3, -0.25) is 5.73 Å². The average Bonchev–Trinajstić information content (AvgIpc) is 2.28. The van der Waals surface area contributed by atoms with Crippen LogP contribution in [0.4, 0.5) is 5.95 Å². The van der Waals surface area contributed by atoms with E-state index in [1.807, 2.05) is 0 Å². The summed E-state index contributed by atoms with van der Waals surface area (Å²) in [4.78, 5) is 0.117. The molecule has 1 aromatic carbocycles. The van der Waals surface area contributed by atoms with Crippen LogP contribution in [0.3, 0.4) is 0 Å².